The zero-order valence-electron chi connectivity index (χ0n) is 13.3. The molecule has 23 heavy (non-hydrogen) atoms. The number of H-pyrrole nitrogens is 1. The van der Waals surface area contributed by atoms with Gasteiger partial charge in [-0.25, -0.2) is 4.98 Å². The fraction of sp³-hybridized carbons (Fsp3) is 0.353. The molecule has 1 aromatic carbocycles. The molecule has 0 saturated carbocycles. The maximum absolute atomic E-state index is 10.2. The van der Waals surface area contributed by atoms with Crippen LogP contribution in [0, 0.1) is 6.92 Å². The minimum Gasteiger partial charge on any atom is -0.490 e. The molecule has 0 radical (unpaired) electrons. The third kappa shape index (κ3) is 4.10. The number of nitrogens with zero attached hydrogens (tertiary/aromatic N) is 2. The van der Waals surface area contributed by atoms with E-state index in [-0.39, 0.29) is 6.61 Å². The number of likely N-dealkylation sites (N-methyl/N-ethyl adjacent to an activating group) is 1. The van der Waals surface area contributed by atoms with Gasteiger partial charge in [-0.05, 0) is 32.2 Å². The van der Waals surface area contributed by atoms with Crippen molar-refractivity contribution in [3.63, 3.8) is 0 Å². The van der Waals surface area contributed by atoms with Crippen LogP contribution in [0.1, 0.15) is 10.7 Å². The minimum atomic E-state index is -0.546. The molecule has 3 aromatic rings. The number of aromatic amines is 1. The van der Waals surface area contributed by atoms with Crippen molar-refractivity contribution in [2.24, 2.45) is 0 Å². The summed E-state index contributed by atoms with van der Waals surface area (Å²) in [5, 5.41) is 14.3. The summed E-state index contributed by atoms with van der Waals surface area (Å²) in [6.07, 6.45) is 1.34. The van der Waals surface area contributed by atoms with E-state index < -0.39 is 6.10 Å². The summed E-state index contributed by atoms with van der Waals surface area (Å²) in [5.41, 5.74) is 2.08. The second kappa shape index (κ2) is 7.12. The Kier molecular flexibility index (Phi) is 4.95. The Hall–Kier alpha value is -1.89. The number of aryl methyl sites for hydroxylation is 1. The number of aliphatic hydroxyl groups is 1. The van der Waals surface area contributed by atoms with Gasteiger partial charge in [-0.3, -0.25) is 4.90 Å². The first-order valence-electron chi connectivity index (χ1n) is 7.58. The fourth-order valence-electron chi connectivity index (χ4n) is 2.55. The minimum absolute atomic E-state index is 0.269. The molecule has 5 nitrogen and oxygen atoms in total. The molecule has 0 saturated heterocycles. The molecule has 0 bridgehead atoms. The average molecular weight is 331 g/mol. The molecule has 3 rings (SSSR count). The van der Waals surface area contributed by atoms with Crippen molar-refractivity contribution in [3.05, 3.63) is 46.5 Å². The van der Waals surface area contributed by atoms with E-state index in [1.165, 1.54) is 0 Å². The standard InChI is InChI=1S/C17H21N3O2S/c1-12-11-23-17(19-12)9-20(2)8-13(21)10-22-16-5-3-4-15-14(16)6-7-18-15/h3-7,11,13,18,21H,8-10H2,1-2H3/t13-/m0/s1. The van der Waals surface area contributed by atoms with Crippen LogP contribution in [-0.2, 0) is 6.54 Å². The maximum atomic E-state index is 10.2. The van der Waals surface area contributed by atoms with Crippen molar-refractivity contribution in [2.75, 3.05) is 20.2 Å². The zero-order chi connectivity index (χ0) is 16.2. The Labute approximate surface area is 139 Å². The Morgan fingerprint density at radius 2 is 2.26 bits per heavy atom. The van der Waals surface area contributed by atoms with Crippen LogP contribution in [-0.4, -0.2) is 46.3 Å². The predicted octanol–water partition coefficient (Wildman–Crippen LogP) is 2.80. The first-order valence-corrected chi connectivity index (χ1v) is 8.46. The lowest BCUT2D eigenvalue weighted by Gasteiger charge is -2.20. The molecule has 0 aliphatic carbocycles. The Balaban J connectivity index is 1.51. The number of fused-ring (bicyclic) bond motifs is 1. The van der Waals surface area contributed by atoms with Crippen molar-refractivity contribution < 1.29 is 9.84 Å². The highest BCUT2D eigenvalue weighted by Crippen LogP contribution is 2.24. The van der Waals surface area contributed by atoms with Gasteiger partial charge in [-0.15, -0.1) is 11.3 Å². The number of benzene rings is 1. The lowest BCUT2D eigenvalue weighted by Crippen LogP contribution is -2.32. The van der Waals surface area contributed by atoms with Gasteiger partial charge in [-0.2, -0.15) is 0 Å². The lowest BCUT2D eigenvalue weighted by molar-refractivity contribution is 0.0749. The van der Waals surface area contributed by atoms with E-state index in [0.29, 0.717) is 6.54 Å². The summed E-state index contributed by atoms with van der Waals surface area (Å²) < 4.78 is 5.78. The highest BCUT2D eigenvalue weighted by atomic mass is 32.1. The van der Waals surface area contributed by atoms with E-state index in [9.17, 15) is 5.11 Å². The monoisotopic (exact) mass is 331 g/mol. The summed E-state index contributed by atoms with van der Waals surface area (Å²) in [6, 6.07) is 7.85. The third-order valence-electron chi connectivity index (χ3n) is 3.58. The molecule has 2 heterocycles. The Morgan fingerprint density at radius 3 is 3.04 bits per heavy atom. The van der Waals surface area contributed by atoms with Crippen molar-refractivity contribution in [1.82, 2.24) is 14.9 Å². The molecule has 0 aliphatic rings. The van der Waals surface area contributed by atoms with Crippen LogP contribution in [0.4, 0.5) is 0 Å². The second-order valence-corrected chi connectivity index (χ2v) is 6.68. The number of nitrogens with one attached hydrogen (secondary N) is 1. The van der Waals surface area contributed by atoms with E-state index in [1.807, 2.05) is 49.8 Å². The molecule has 0 unspecified atom stereocenters. The molecule has 0 aliphatic heterocycles. The normalized spacial score (nSPS) is 12.9. The quantitative estimate of drug-likeness (QED) is 0.699. The number of hydrogen-bond acceptors (Lipinski definition) is 5. The summed E-state index contributed by atoms with van der Waals surface area (Å²) in [5.74, 6) is 0.793. The van der Waals surface area contributed by atoms with Gasteiger partial charge >= 0.3 is 0 Å². The van der Waals surface area contributed by atoms with Gasteiger partial charge in [0.05, 0.1) is 6.54 Å². The lowest BCUT2D eigenvalue weighted by atomic mass is 10.2. The SMILES string of the molecule is Cc1csc(CN(C)C[C@H](O)COc2cccc3[nH]ccc23)n1. The molecule has 0 amide bonds. The van der Waals surface area contributed by atoms with Gasteiger partial charge in [0.15, 0.2) is 0 Å². The van der Waals surface area contributed by atoms with Crippen LogP contribution < -0.4 is 4.74 Å². The van der Waals surface area contributed by atoms with Crippen molar-refractivity contribution in [1.29, 1.82) is 0 Å². The number of hydrogen-bond donors (Lipinski definition) is 2. The smallest absolute Gasteiger partial charge is 0.128 e. The predicted molar refractivity (Wildman–Crippen MR) is 93.0 cm³/mol. The van der Waals surface area contributed by atoms with E-state index in [0.717, 1.165) is 33.9 Å². The van der Waals surface area contributed by atoms with Crippen molar-refractivity contribution in [2.45, 2.75) is 19.6 Å². The molecule has 122 valence electrons. The van der Waals surface area contributed by atoms with Gasteiger partial charge in [0.25, 0.3) is 0 Å². The van der Waals surface area contributed by atoms with Gasteiger partial charge < -0.3 is 14.8 Å². The molecule has 6 heteroatoms. The van der Waals surface area contributed by atoms with E-state index >= 15 is 0 Å². The second-order valence-electron chi connectivity index (χ2n) is 5.74. The van der Waals surface area contributed by atoms with E-state index in [2.05, 4.69) is 14.9 Å². The topological polar surface area (TPSA) is 61.4 Å². The first-order chi connectivity index (χ1) is 11.1. The van der Waals surface area contributed by atoms with Crippen molar-refractivity contribution in [3.8, 4) is 5.75 Å². The van der Waals surface area contributed by atoms with Crippen LogP contribution in [0.5, 0.6) is 5.75 Å². The molecule has 0 spiro atoms. The van der Waals surface area contributed by atoms with Crippen LogP contribution in [0.2, 0.25) is 0 Å². The van der Waals surface area contributed by atoms with E-state index in [1.54, 1.807) is 11.3 Å². The Bertz CT molecular complexity index is 768. The van der Waals surface area contributed by atoms with Crippen LogP contribution in [0.3, 0.4) is 0 Å². The first kappa shape index (κ1) is 16.0. The number of rotatable bonds is 7. The highest BCUT2D eigenvalue weighted by Gasteiger charge is 2.12. The zero-order valence-corrected chi connectivity index (χ0v) is 14.1. The summed E-state index contributed by atoms with van der Waals surface area (Å²) in [4.78, 5) is 9.65. The fourth-order valence-corrected chi connectivity index (χ4v) is 3.40. The number of thiazole rings is 1. The Morgan fingerprint density at radius 1 is 1.39 bits per heavy atom. The summed E-state index contributed by atoms with van der Waals surface area (Å²) in [7, 11) is 1.98. The number of aliphatic hydroxyl groups excluding tert-OH is 1. The van der Waals surface area contributed by atoms with Gasteiger partial charge in [0.1, 0.15) is 23.5 Å². The van der Waals surface area contributed by atoms with E-state index in [4.69, 9.17) is 4.74 Å². The summed E-state index contributed by atoms with van der Waals surface area (Å²) >= 11 is 1.65. The third-order valence-corrected chi connectivity index (χ3v) is 4.53. The molecule has 0 fully saturated rings. The number of ether oxygens (including phenoxy) is 1. The van der Waals surface area contributed by atoms with Crippen LogP contribution in [0.25, 0.3) is 10.9 Å². The molecule has 2 N–H and O–H groups in total. The molecular formula is C17H21N3O2S. The van der Waals surface area contributed by atoms with Gasteiger partial charge in [0.2, 0.25) is 0 Å². The molecular weight excluding hydrogens is 310 g/mol. The van der Waals surface area contributed by atoms with Gasteiger partial charge in [-0.1, -0.05) is 6.07 Å². The van der Waals surface area contributed by atoms with Crippen LogP contribution in [0.15, 0.2) is 35.8 Å². The highest BCUT2D eigenvalue weighted by molar-refractivity contribution is 7.09. The van der Waals surface area contributed by atoms with Crippen LogP contribution >= 0.6 is 11.3 Å². The van der Waals surface area contributed by atoms with Crippen molar-refractivity contribution >= 4 is 22.2 Å². The maximum Gasteiger partial charge on any atom is 0.128 e. The average Bonchev–Trinajstić information content (AvgIpc) is 3.14. The molecule has 1 atom stereocenters. The molecule has 2 aromatic heterocycles. The largest absolute Gasteiger partial charge is 0.490 e. The number of aromatic nitrogens is 2. The van der Waals surface area contributed by atoms with Gasteiger partial charge in [0, 0.05) is 34.7 Å². The summed E-state index contributed by atoms with van der Waals surface area (Å²) in [6.45, 7) is 3.54.